The minimum absolute atomic E-state index is 0. The summed E-state index contributed by atoms with van der Waals surface area (Å²) in [5.74, 6) is 0.239. The largest absolute Gasteiger partial charge is 0.354 e. The molecule has 2 aromatic rings. The molecule has 0 aromatic heterocycles. The SMILES string of the molecule is CN=C(NCc1ccc(C#N)cc1F)NC(C)CCc1ccccc1.I. The Hall–Kier alpha value is -2.14. The summed E-state index contributed by atoms with van der Waals surface area (Å²) in [6, 6.07) is 17.0. The zero-order valence-corrected chi connectivity index (χ0v) is 17.3. The molecule has 138 valence electrons. The van der Waals surface area contributed by atoms with E-state index >= 15 is 0 Å². The summed E-state index contributed by atoms with van der Waals surface area (Å²) in [5.41, 5.74) is 2.12. The maximum atomic E-state index is 13.9. The van der Waals surface area contributed by atoms with Gasteiger partial charge in [0.15, 0.2) is 5.96 Å². The number of halogens is 2. The highest BCUT2D eigenvalue weighted by Crippen LogP contribution is 2.10. The Labute approximate surface area is 171 Å². The monoisotopic (exact) mass is 466 g/mol. The van der Waals surface area contributed by atoms with E-state index in [1.165, 1.54) is 11.6 Å². The van der Waals surface area contributed by atoms with Crippen LogP contribution in [0.4, 0.5) is 4.39 Å². The number of hydrogen-bond acceptors (Lipinski definition) is 2. The highest BCUT2D eigenvalue weighted by Gasteiger charge is 2.08. The third-order valence-electron chi connectivity index (χ3n) is 3.94. The fourth-order valence-corrected chi connectivity index (χ4v) is 2.47. The van der Waals surface area contributed by atoms with Crippen molar-refractivity contribution in [2.24, 2.45) is 4.99 Å². The van der Waals surface area contributed by atoms with E-state index in [9.17, 15) is 4.39 Å². The van der Waals surface area contributed by atoms with E-state index in [2.05, 4.69) is 34.7 Å². The molecule has 0 saturated heterocycles. The summed E-state index contributed by atoms with van der Waals surface area (Å²) in [6.07, 6.45) is 1.95. The van der Waals surface area contributed by atoms with Crippen molar-refractivity contribution in [1.82, 2.24) is 10.6 Å². The van der Waals surface area contributed by atoms with E-state index in [4.69, 9.17) is 5.26 Å². The number of nitriles is 1. The molecule has 0 aliphatic carbocycles. The first-order valence-electron chi connectivity index (χ1n) is 8.32. The molecule has 0 fully saturated rings. The molecule has 2 rings (SSSR count). The third kappa shape index (κ3) is 7.00. The Morgan fingerprint density at radius 1 is 1.23 bits per heavy atom. The molecule has 0 aliphatic rings. The van der Waals surface area contributed by atoms with Gasteiger partial charge in [0, 0.05) is 25.2 Å². The van der Waals surface area contributed by atoms with Gasteiger partial charge in [-0.1, -0.05) is 36.4 Å². The number of nitrogens with one attached hydrogen (secondary N) is 2. The lowest BCUT2D eigenvalue weighted by Crippen LogP contribution is -2.42. The first kappa shape index (κ1) is 21.9. The summed E-state index contributed by atoms with van der Waals surface area (Å²) >= 11 is 0. The molecule has 0 aliphatic heterocycles. The molecule has 1 atom stereocenters. The molecule has 2 N–H and O–H groups in total. The number of aliphatic imine (C=N–C) groups is 1. The molecular formula is C20H24FIN4. The van der Waals surface area contributed by atoms with Gasteiger partial charge in [0.2, 0.25) is 0 Å². The molecule has 1 unspecified atom stereocenters. The van der Waals surface area contributed by atoms with E-state index in [1.54, 1.807) is 19.2 Å². The maximum absolute atomic E-state index is 13.9. The van der Waals surface area contributed by atoms with Crippen molar-refractivity contribution in [3.05, 3.63) is 71.0 Å². The van der Waals surface area contributed by atoms with E-state index in [-0.39, 0.29) is 35.8 Å². The normalized spacial score (nSPS) is 11.8. The fraction of sp³-hybridized carbons (Fsp3) is 0.300. The van der Waals surface area contributed by atoms with Crippen molar-refractivity contribution < 1.29 is 4.39 Å². The van der Waals surface area contributed by atoms with Crippen LogP contribution in [0.3, 0.4) is 0 Å². The van der Waals surface area contributed by atoms with Crippen LogP contribution >= 0.6 is 24.0 Å². The second-order valence-electron chi connectivity index (χ2n) is 5.91. The molecule has 0 heterocycles. The molecule has 4 nitrogen and oxygen atoms in total. The van der Waals surface area contributed by atoms with Gasteiger partial charge in [0.05, 0.1) is 11.6 Å². The third-order valence-corrected chi connectivity index (χ3v) is 3.94. The Kier molecular flexibility index (Phi) is 9.66. The van der Waals surface area contributed by atoms with Gasteiger partial charge in [-0.2, -0.15) is 5.26 Å². The second-order valence-corrected chi connectivity index (χ2v) is 5.91. The van der Waals surface area contributed by atoms with Crippen LogP contribution in [-0.4, -0.2) is 19.0 Å². The molecule has 26 heavy (non-hydrogen) atoms. The molecule has 2 aromatic carbocycles. The molecule has 6 heteroatoms. The smallest absolute Gasteiger partial charge is 0.191 e. The van der Waals surface area contributed by atoms with Crippen molar-refractivity contribution in [3.63, 3.8) is 0 Å². The summed E-state index contributed by atoms with van der Waals surface area (Å²) in [7, 11) is 1.69. The summed E-state index contributed by atoms with van der Waals surface area (Å²) in [6.45, 7) is 2.40. The van der Waals surface area contributed by atoms with Gasteiger partial charge in [-0.25, -0.2) is 4.39 Å². The van der Waals surface area contributed by atoms with Crippen molar-refractivity contribution in [3.8, 4) is 6.07 Å². The highest BCUT2D eigenvalue weighted by molar-refractivity contribution is 14.0. The van der Waals surface area contributed by atoms with Crippen LogP contribution in [0.25, 0.3) is 0 Å². The van der Waals surface area contributed by atoms with Gasteiger partial charge in [0.1, 0.15) is 5.82 Å². The van der Waals surface area contributed by atoms with Gasteiger partial charge in [0.25, 0.3) is 0 Å². The average Bonchev–Trinajstić information content (AvgIpc) is 2.65. The predicted octanol–water partition coefficient (Wildman–Crippen LogP) is 4.00. The van der Waals surface area contributed by atoms with Crippen LogP contribution in [0.15, 0.2) is 53.5 Å². The van der Waals surface area contributed by atoms with Gasteiger partial charge >= 0.3 is 0 Å². The first-order valence-corrected chi connectivity index (χ1v) is 8.32. The summed E-state index contributed by atoms with van der Waals surface area (Å²) in [4.78, 5) is 4.18. The predicted molar refractivity (Wildman–Crippen MR) is 114 cm³/mol. The number of guanidine groups is 1. The Balaban J connectivity index is 0.00000338. The molecule has 0 spiro atoms. The minimum atomic E-state index is -0.390. The van der Waals surface area contributed by atoms with Gasteiger partial charge in [-0.05, 0) is 37.5 Å². The van der Waals surface area contributed by atoms with Gasteiger partial charge in [-0.3, -0.25) is 4.99 Å². The Bertz CT molecular complexity index is 756. The average molecular weight is 466 g/mol. The van der Waals surface area contributed by atoms with E-state index in [1.807, 2.05) is 24.3 Å². The highest BCUT2D eigenvalue weighted by atomic mass is 127. The van der Waals surface area contributed by atoms with Crippen molar-refractivity contribution in [2.45, 2.75) is 32.4 Å². The van der Waals surface area contributed by atoms with E-state index < -0.39 is 0 Å². The Morgan fingerprint density at radius 3 is 2.58 bits per heavy atom. The van der Waals surface area contributed by atoms with Gasteiger partial charge in [-0.15, -0.1) is 24.0 Å². The minimum Gasteiger partial charge on any atom is -0.354 e. The van der Waals surface area contributed by atoms with Crippen molar-refractivity contribution in [2.75, 3.05) is 7.05 Å². The number of nitrogens with zero attached hydrogens (tertiary/aromatic N) is 2. The van der Waals surface area contributed by atoms with Gasteiger partial charge < -0.3 is 10.6 Å². The number of benzene rings is 2. The zero-order chi connectivity index (χ0) is 18.1. The van der Waals surface area contributed by atoms with Crippen LogP contribution in [0.5, 0.6) is 0 Å². The lowest BCUT2D eigenvalue weighted by Gasteiger charge is -2.18. The van der Waals surface area contributed by atoms with Crippen LogP contribution in [-0.2, 0) is 13.0 Å². The maximum Gasteiger partial charge on any atom is 0.191 e. The lowest BCUT2D eigenvalue weighted by molar-refractivity contribution is 0.584. The molecule has 0 radical (unpaired) electrons. The quantitative estimate of drug-likeness (QED) is 0.385. The second kappa shape index (κ2) is 11.5. The molecule has 0 saturated carbocycles. The molecular weight excluding hydrogens is 442 g/mol. The Morgan fingerprint density at radius 2 is 1.96 bits per heavy atom. The molecule has 0 bridgehead atoms. The number of rotatable bonds is 6. The summed E-state index contributed by atoms with van der Waals surface area (Å²) in [5, 5.41) is 15.2. The first-order chi connectivity index (χ1) is 12.1. The van der Waals surface area contributed by atoms with Crippen LogP contribution in [0.1, 0.15) is 30.0 Å². The topological polar surface area (TPSA) is 60.2 Å². The fourth-order valence-electron chi connectivity index (χ4n) is 2.47. The van der Waals surface area contributed by atoms with Crippen LogP contribution < -0.4 is 10.6 Å². The van der Waals surface area contributed by atoms with E-state index in [0.29, 0.717) is 23.6 Å². The van der Waals surface area contributed by atoms with E-state index in [0.717, 1.165) is 12.8 Å². The standard InChI is InChI=1S/C20H23FN4.HI/c1-15(8-9-16-6-4-3-5-7-16)25-20(23-2)24-14-18-11-10-17(13-22)12-19(18)21;/h3-7,10-12,15H,8-9,14H2,1-2H3,(H2,23,24,25);1H. The lowest BCUT2D eigenvalue weighted by atomic mass is 10.1. The van der Waals surface area contributed by atoms with Crippen LogP contribution in [0.2, 0.25) is 0 Å². The number of aryl methyl sites for hydroxylation is 1. The molecule has 0 amide bonds. The van der Waals surface area contributed by atoms with Crippen molar-refractivity contribution in [1.29, 1.82) is 5.26 Å². The zero-order valence-electron chi connectivity index (χ0n) is 15.0. The van der Waals surface area contributed by atoms with Crippen molar-refractivity contribution >= 4 is 29.9 Å². The summed E-state index contributed by atoms with van der Waals surface area (Å²) < 4.78 is 13.9. The number of hydrogen-bond donors (Lipinski definition) is 2. The van der Waals surface area contributed by atoms with Crippen LogP contribution in [0, 0.1) is 17.1 Å².